The summed E-state index contributed by atoms with van der Waals surface area (Å²) in [5.41, 5.74) is 1.98. The number of hydrogen-bond donors (Lipinski definition) is 5. The highest BCUT2D eigenvalue weighted by Crippen LogP contribution is 2.39. The van der Waals surface area contributed by atoms with E-state index in [1.807, 2.05) is 30.3 Å². The molecule has 0 radical (unpaired) electrons. The third-order valence-corrected chi connectivity index (χ3v) is 7.00. The van der Waals surface area contributed by atoms with E-state index in [-0.39, 0.29) is 25.1 Å². The van der Waals surface area contributed by atoms with Gasteiger partial charge in [-0.2, -0.15) is 15.0 Å². The Morgan fingerprint density at radius 2 is 1.83 bits per heavy atom. The van der Waals surface area contributed by atoms with Crippen LogP contribution in [0.1, 0.15) is 56.3 Å². The SMILES string of the molecule is CCC(CC)Nc1nc(N(CO)CCc2ccccc2)nc2c1ncn2[C@@H]1O[C@H](c2nc(C)no2)[C@@H](O)[C@H]1O.O=CO. The quantitative estimate of drug-likeness (QED) is 0.126. The minimum Gasteiger partial charge on any atom is -0.483 e. The van der Waals surface area contributed by atoms with Gasteiger partial charge < -0.3 is 39.9 Å². The molecule has 42 heavy (non-hydrogen) atoms. The summed E-state index contributed by atoms with van der Waals surface area (Å²) in [6.07, 6.45) is -0.758. The van der Waals surface area contributed by atoms with Gasteiger partial charge in [0, 0.05) is 12.6 Å². The molecule has 0 spiro atoms. The van der Waals surface area contributed by atoms with Gasteiger partial charge in [0.1, 0.15) is 18.9 Å². The van der Waals surface area contributed by atoms with Gasteiger partial charge >= 0.3 is 0 Å². The molecule has 1 fully saturated rings. The Hall–Kier alpha value is -4.18. The Balaban J connectivity index is 0.00000129. The molecule has 4 aromatic rings. The third kappa shape index (κ3) is 6.65. The van der Waals surface area contributed by atoms with Gasteiger partial charge in [0.15, 0.2) is 35.1 Å². The number of aromatic nitrogens is 6. The first-order valence-electron chi connectivity index (χ1n) is 13.7. The molecular weight excluding hydrogens is 548 g/mol. The number of hydrogen-bond acceptors (Lipinski definition) is 13. The number of anilines is 2. The van der Waals surface area contributed by atoms with Crippen molar-refractivity contribution in [1.29, 1.82) is 0 Å². The van der Waals surface area contributed by atoms with Gasteiger partial charge in [-0.15, -0.1) is 0 Å². The van der Waals surface area contributed by atoms with Gasteiger partial charge in [-0.1, -0.05) is 49.3 Å². The van der Waals surface area contributed by atoms with Crippen molar-refractivity contribution in [2.45, 2.75) is 70.6 Å². The highest BCUT2D eigenvalue weighted by atomic mass is 16.6. The number of nitrogens with zero attached hydrogens (tertiary/aromatic N) is 7. The van der Waals surface area contributed by atoms with Crippen molar-refractivity contribution < 1.29 is 34.5 Å². The highest BCUT2D eigenvalue weighted by Gasteiger charge is 2.47. The van der Waals surface area contributed by atoms with Crippen molar-refractivity contribution in [2.75, 3.05) is 23.5 Å². The molecule has 5 N–H and O–H groups in total. The minimum absolute atomic E-state index is 0.0738. The van der Waals surface area contributed by atoms with E-state index in [9.17, 15) is 15.3 Å². The van der Waals surface area contributed by atoms with Crippen LogP contribution in [-0.4, -0.2) is 88.1 Å². The fourth-order valence-electron chi connectivity index (χ4n) is 4.68. The Kier molecular flexibility index (Phi) is 10.4. The average Bonchev–Trinajstić information content (AvgIpc) is 3.70. The first-order chi connectivity index (χ1) is 20.3. The van der Waals surface area contributed by atoms with Crippen LogP contribution in [0.3, 0.4) is 0 Å². The molecule has 4 atom stereocenters. The molecule has 1 aliphatic rings. The van der Waals surface area contributed by atoms with E-state index in [1.54, 1.807) is 16.4 Å². The van der Waals surface area contributed by atoms with Crippen molar-refractivity contribution in [3.63, 3.8) is 0 Å². The number of imidazole rings is 1. The van der Waals surface area contributed by atoms with Crippen molar-refractivity contribution in [3.8, 4) is 0 Å². The lowest BCUT2D eigenvalue weighted by Crippen LogP contribution is -2.30. The summed E-state index contributed by atoms with van der Waals surface area (Å²) in [4.78, 5) is 28.2. The fraction of sp³-hybridized carbons (Fsp3) is 0.481. The van der Waals surface area contributed by atoms with Crippen LogP contribution in [0.25, 0.3) is 11.2 Å². The summed E-state index contributed by atoms with van der Waals surface area (Å²) in [7, 11) is 0. The average molecular weight is 585 g/mol. The van der Waals surface area contributed by atoms with E-state index in [0.29, 0.717) is 41.7 Å². The van der Waals surface area contributed by atoms with Crippen molar-refractivity contribution in [2.24, 2.45) is 0 Å². The predicted molar refractivity (Wildman–Crippen MR) is 150 cm³/mol. The third-order valence-electron chi connectivity index (χ3n) is 7.00. The Labute approximate surface area is 241 Å². The van der Waals surface area contributed by atoms with Crippen LogP contribution >= 0.6 is 0 Å². The summed E-state index contributed by atoms with van der Waals surface area (Å²) in [6.45, 7) is 5.76. The van der Waals surface area contributed by atoms with E-state index in [4.69, 9.17) is 29.1 Å². The van der Waals surface area contributed by atoms with E-state index in [1.165, 1.54) is 6.33 Å². The van der Waals surface area contributed by atoms with E-state index >= 15 is 0 Å². The zero-order valence-electron chi connectivity index (χ0n) is 23.6. The zero-order valence-corrected chi connectivity index (χ0v) is 23.6. The van der Waals surface area contributed by atoms with Gasteiger partial charge in [-0.3, -0.25) is 9.36 Å². The van der Waals surface area contributed by atoms with Gasteiger partial charge in [0.2, 0.25) is 5.95 Å². The fourth-order valence-corrected chi connectivity index (χ4v) is 4.68. The molecule has 4 heterocycles. The van der Waals surface area contributed by atoms with Crippen LogP contribution in [0.15, 0.2) is 41.2 Å². The molecule has 0 saturated carbocycles. The van der Waals surface area contributed by atoms with Gasteiger partial charge in [0.05, 0.1) is 6.33 Å². The van der Waals surface area contributed by atoms with Crippen LogP contribution in [0.2, 0.25) is 0 Å². The van der Waals surface area contributed by atoms with Crippen molar-refractivity contribution in [1.82, 2.24) is 29.7 Å². The lowest BCUT2D eigenvalue weighted by molar-refractivity contribution is -0.122. The second-order valence-corrected chi connectivity index (χ2v) is 9.71. The van der Waals surface area contributed by atoms with E-state index < -0.39 is 24.5 Å². The molecule has 0 amide bonds. The summed E-state index contributed by atoms with van der Waals surface area (Å²) in [5, 5.41) is 46.0. The van der Waals surface area contributed by atoms with Crippen LogP contribution in [0, 0.1) is 6.92 Å². The number of aliphatic hydroxyl groups excluding tert-OH is 3. The predicted octanol–water partition coefficient (Wildman–Crippen LogP) is 1.81. The molecule has 3 aromatic heterocycles. The van der Waals surface area contributed by atoms with Gasteiger partial charge in [0.25, 0.3) is 12.4 Å². The van der Waals surface area contributed by atoms with Crippen LogP contribution in [-0.2, 0) is 16.0 Å². The van der Waals surface area contributed by atoms with Crippen LogP contribution in [0.5, 0.6) is 0 Å². The smallest absolute Gasteiger partial charge is 0.290 e. The Bertz CT molecular complexity index is 1430. The molecule has 0 aliphatic carbocycles. The van der Waals surface area contributed by atoms with Gasteiger partial charge in [-0.25, -0.2) is 4.98 Å². The molecular formula is C27H36N8O7. The zero-order chi connectivity index (χ0) is 30.2. The first-order valence-corrected chi connectivity index (χ1v) is 13.7. The molecule has 0 unspecified atom stereocenters. The molecule has 15 nitrogen and oxygen atoms in total. The maximum atomic E-state index is 10.9. The molecule has 1 aliphatic heterocycles. The van der Waals surface area contributed by atoms with E-state index in [0.717, 1.165) is 18.4 Å². The molecule has 0 bridgehead atoms. The number of aliphatic hydroxyl groups is 3. The summed E-state index contributed by atoms with van der Waals surface area (Å²) in [5.74, 6) is 1.27. The van der Waals surface area contributed by atoms with Crippen LogP contribution in [0.4, 0.5) is 11.8 Å². The largest absolute Gasteiger partial charge is 0.483 e. The Morgan fingerprint density at radius 3 is 2.45 bits per heavy atom. The monoisotopic (exact) mass is 584 g/mol. The number of ether oxygens (including phenoxy) is 1. The molecule has 1 saturated heterocycles. The maximum absolute atomic E-state index is 10.9. The second-order valence-electron chi connectivity index (χ2n) is 9.71. The summed E-state index contributed by atoms with van der Waals surface area (Å²) in [6, 6.07) is 10.1. The number of carboxylic acid groups (broad SMARTS) is 1. The van der Waals surface area contributed by atoms with Crippen molar-refractivity contribution >= 4 is 29.4 Å². The lowest BCUT2D eigenvalue weighted by Gasteiger charge is -2.23. The molecule has 5 rings (SSSR count). The number of fused-ring (bicyclic) bond motifs is 1. The number of carbonyl (C=O) groups is 1. The normalized spacial score (nSPS) is 20.0. The summed E-state index contributed by atoms with van der Waals surface area (Å²) < 4.78 is 12.8. The standard InChI is InChI=1S/C26H34N8O5.CH2O2/c1-4-17(5-2)29-22-18-23(31-26(30-22)33(14-35)12-11-16-9-7-6-8-10-16)34(13-27-18)25-20(37)19(36)21(38-25)24-28-15(3)32-39-24;2-1-3/h6-10,13,17,19-21,25,35-37H,4-5,11-12,14H2,1-3H3,(H,29,30,31);1H,(H,2,3)/t19-,20+,21-,25+;/m0./s1. The molecule has 1 aromatic carbocycles. The highest BCUT2D eigenvalue weighted by molar-refractivity contribution is 5.84. The molecule has 226 valence electrons. The number of benzene rings is 1. The number of nitrogens with one attached hydrogen (secondary N) is 1. The maximum Gasteiger partial charge on any atom is 0.290 e. The van der Waals surface area contributed by atoms with Crippen molar-refractivity contribution in [3.05, 3.63) is 53.9 Å². The number of rotatable bonds is 11. The van der Waals surface area contributed by atoms with Gasteiger partial charge in [-0.05, 0) is 31.7 Å². The minimum atomic E-state index is -1.32. The second kappa shape index (κ2) is 14.1. The number of aryl methyl sites for hydroxylation is 1. The Morgan fingerprint density at radius 1 is 1.12 bits per heavy atom. The first kappa shape index (κ1) is 30.8. The van der Waals surface area contributed by atoms with E-state index in [2.05, 4.69) is 34.3 Å². The molecule has 15 heteroatoms. The topological polar surface area (TPSA) is 205 Å². The summed E-state index contributed by atoms with van der Waals surface area (Å²) >= 11 is 0. The lowest BCUT2D eigenvalue weighted by atomic mass is 10.1. The van der Waals surface area contributed by atoms with Crippen LogP contribution < -0.4 is 10.2 Å².